The van der Waals surface area contributed by atoms with Crippen LogP contribution in [-0.2, 0) is 0 Å². The smallest absolute Gasteiger partial charge is 0.122 e. The Labute approximate surface area is 128 Å². The number of aliphatic hydroxyl groups excluding tert-OH is 1. The Morgan fingerprint density at radius 3 is 2.57 bits per heavy atom. The second-order valence-electron chi connectivity index (χ2n) is 6.49. The molecule has 1 aliphatic rings. The number of rotatable bonds is 5. The van der Waals surface area contributed by atoms with Gasteiger partial charge in [0.1, 0.15) is 18.5 Å². The van der Waals surface area contributed by atoms with E-state index in [4.69, 9.17) is 4.74 Å². The molecule has 3 nitrogen and oxygen atoms in total. The third-order valence-electron chi connectivity index (χ3n) is 4.78. The van der Waals surface area contributed by atoms with Crippen LogP contribution in [0.2, 0.25) is 0 Å². The van der Waals surface area contributed by atoms with Crippen LogP contribution >= 0.6 is 0 Å². The van der Waals surface area contributed by atoms with Gasteiger partial charge in [0.15, 0.2) is 0 Å². The fourth-order valence-corrected chi connectivity index (χ4v) is 3.20. The number of hydrogen-bond acceptors (Lipinski definition) is 3. The summed E-state index contributed by atoms with van der Waals surface area (Å²) in [5, 5.41) is 10.3. The fourth-order valence-electron chi connectivity index (χ4n) is 3.20. The first kappa shape index (κ1) is 16.3. The molecule has 2 rings (SSSR count). The molecule has 0 aliphatic carbocycles. The van der Waals surface area contributed by atoms with Crippen LogP contribution in [-0.4, -0.2) is 41.3 Å². The van der Waals surface area contributed by atoms with Gasteiger partial charge in [-0.1, -0.05) is 18.6 Å². The molecular weight excluding hydrogens is 262 g/mol. The Hall–Kier alpha value is -1.06. The highest BCUT2D eigenvalue weighted by Gasteiger charge is 2.26. The SMILES string of the molecule is Cc1cccc(OC[C@@H](O)CN2[C@H](C)CCC[C@@H]2C)c1C. The first-order valence-electron chi connectivity index (χ1n) is 8.12. The lowest BCUT2D eigenvalue weighted by molar-refractivity contribution is 0.0207. The van der Waals surface area contributed by atoms with E-state index in [1.807, 2.05) is 12.1 Å². The average molecular weight is 291 g/mol. The van der Waals surface area contributed by atoms with Gasteiger partial charge in [0, 0.05) is 18.6 Å². The van der Waals surface area contributed by atoms with E-state index in [2.05, 4.69) is 38.7 Å². The number of nitrogens with zero attached hydrogens (tertiary/aromatic N) is 1. The maximum atomic E-state index is 10.3. The first-order chi connectivity index (χ1) is 9.99. The minimum Gasteiger partial charge on any atom is -0.491 e. The van der Waals surface area contributed by atoms with Crippen molar-refractivity contribution < 1.29 is 9.84 Å². The van der Waals surface area contributed by atoms with Gasteiger partial charge in [-0.05, 0) is 57.7 Å². The number of aryl methyl sites for hydroxylation is 1. The highest BCUT2D eigenvalue weighted by molar-refractivity contribution is 5.38. The predicted octanol–water partition coefficient (Wildman–Crippen LogP) is 3.31. The van der Waals surface area contributed by atoms with Crippen LogP contribution in [0.4, 0.5) is 0 Å². The van der Waals surface area contributed by atoms with Crippen molar-refractivity contribution in [2.75, 3.05) is 13.2 Å². The maximum Gasteiger partial charge on any atom is 0.122 e. The average Bonchev–Trinajstić information content (AvgIpc) is 2.45. The van der Waals surface area contributed by atoms with E-state index in [0.717, 1.165) is 11.3 Å². The molecule has 1 saturated heterocycles. The third-order valence-corrected chi connectivity index (χ3v) is 4.78. The summed E-state index contributed by atoms with van der Waals surface area (Å²) in [6, 6.07) is 7.17. The van der Waals surface area contributed by atoms with E-state index in [1.54, 1.807) is 0 Å². The van der Waals surface area contributed by atoms with E-state index >= 15 is 0 Å². The number of likely N-dealkylation sites (tertiary alicyclic amines) is 1. The Morgan fingerprint density at radius 2 is 1.90 bits per heavy atom. The summed E-state index contributed by atoms with van der Waals surface area (Å²) in [5.74, 6) is 0.883. The molecule has 3 atom stereocenters. The second kappa shape index (κ2) is 7.28. The summed E-state index contributed by atoms with van der Waals surface area (Å²) in [7, 11) is 0. The molecule has 1 N–H and O–H groups in total. The molecular formula is C18H29NO2. The third kappa shape index (κ3) is 4.21. The number of piperidine rings is 1. The highest BCUT2D eigenvalue weighted by atomic mass is 16.5. The van der Waals surface area contributed by atoms with E-state index < -0.39 is 6.10 Å². The molecule has 0 amide bonds. The summed E-state index contributed by atoms with van der Waals surface area (Å²) >= 11 is 0. The molecule has 1 aromatic rings. The van der Waals surface area contributed by atoms with Gasteiger partial charge in [-0.25, -0.2) is 0 Å². The Kier molecular flexibility index (Phi) is 5.65. The Bertz CT molecular complexity index is 451. The van der Waals surface area contributed by atoms with Crippen LogP contribution in [0.5, 0.6) is 5.75 Å². The number of aliphatic hydroxyl groups is 1. The molecule has 0 radical (unpaired) electrons. The minimum atomic E-state index is -0.437. The van der Waals surface area contributed by atoms with E-state index in [0.29, 0.717) is 25.2 Å². The monoisotopic (exact) mass is 291 g/mol. The number of hydrogen-bond donors (Lipinski definition) is 1. The van der Waals surface area contributed by atoms with Crippen molar-refractivity contribution in [2.45, 2.75) is 65.1 Å². The minimum absolute atomic E-state index is 0.361. The summed E-state index contributed by atoms with van der Waals surface area (Å²) in [6.07, 6.45) is 3.32. The molecule has 1 aliphatic heterocycles. The predicted molar refractivity (Wildman–Crippen MR) is 86.9 cm³/mol. The largest absolute Gasteiger partial charge is 0.491 e. The van der Waals surface area contributed by atoms with Gasteiger partial charge in [-0.2, -0.15) is 0 Å². The normalized spacial score (nSPS) is 24.8. The topological polar surface area (TPSA) is 32.7 Å². The van der Waals surface area contributed by atoms with Crippen molar-refractivity contribution in [3.05, 3.63) is 29.3 Å². The van der Waals surface area contributed by atoms with Crippen LogP contribution in [0.15, 0.2) is 18.2 Å². The molecule has 0 saturated carbocycles. The van der Waals surface area contributed by atoms with E-state index in [1.165, 1.54) is 24.8 Å². The lowest BCUT2D eigenvalue weighted by atomic mass is 9.97. The zero-order chi connectivity index (χ0) is 15.4. The molecule has 118 valence electrons. The van der Waals surface area contributed by atoms with E-state index in [-0.39, 0.29) is 0 Å². The van der Waals surface area contributed by atoms with Gasteiger partial charge >= 0.3 is 0 Å². The Balaban J connectivity index is 1.87. The molecule has 0 bridgehead atoms. The van der Waals surface area contributed by atoms with Crippen molar-refractivity contribution in [1.29, 1.82) is 0 Å². The van der Waals surface area contributed by atoms with Gasteiger partial charge in [0.25, 0.3) is 0 Å². The van der Waals surface area contributed by atoms with Gasteiger partial charge in [0.2, 0.25) is 0 Å². The first-order valence-corrected chi connectivity index (χ1v) is 8.12. The summed E-state index contributed by atoms with van der Waals surface area (Å²) in [6.45, 7) is 9.72. The van der Waals surface area contributed by atoms with Crippen molar-refractivity contribution in [1.82, 2.24) is 4.90 Å². The summed E-state index contributed by atoms with van der Waals surface area (Å²) in [4.78, 5) is 2.42. The van der Waals surface area contributed by atoms with E-state index in [9.17, 15) is 5.11 Å². The summed E-state index contributed by atoms with van der Waals surface area (Å²) < 4.78 is 5.81. The fraction of sp³-hybridized carbons (Fsp3) is 0.667. The number of β-amino-alcohol motifs (C(OH)–C–C–N with tert-alkyl or cyclic N) is 1. The standard InChI is InChI=1S/C18H29NO2/c1-13-7-5-10-18(16(13)4)21-12-17(20)11-19-14(2)8-6-9-15(19)3/h5,7,10,14-15,17,20H,6,8-9,11-12H2,1-4H3/t14-,15+,17-/m0/s1. The van der Waals surface area contributed by atoms with Crippen LogP contribution in [0, 0.1) is 13.8 Å². The van der Waals surface area contributed by atoms with Crippen LogP contribution < -0.4 is 4.74 Å². The molecule has 1 aromatic carbocycles. The van der Waals surface area contributed by atoms with Crippen LogP contribution in [0.3, 0.4) is 0 Å². The summed E-state index contributed by atoms with van der Waals surface area (Å²) in [5.41, 5.74) is 2.38. The van der Waals surface area contributed by atoms with Crippen molar-refractivity contribution in [2.24, 2.45) is 0 Å². The van der Waals surface area contributed by atoms with Crippen molar-refractivity contribution in [3.63, 3.8) is 0 Å². The number of ether oxygens (including phenoxy) is 1. The zero-order valence-electron chi connectivity index (χ0n) is 13.8. The van der Waals surface area contributed by atoms with Crippen LogP contribution in [0.25, 0.3) is 0 Å². The highest BCUT2D eigenvalue weighted by Crippen LogP contribution is 2.23. The Morgan fingerprint density at radius 1 is 1.24 bits per heavy atom. The van der Waals surface area contributed by atoms with Gasteiger partial charge in [-0.3, -0.25) is 4.90 Å². The lowest BCUT2D eigenvalue weighted by Crippen LogP contribution is -2.48. The zero-order valence-corrected chi connectivity index (χ0v) is 13.8. The molecule has 0 aromatic heterocycles. The van der Waals surface area contributed by atoms with Crippen molar-refractivity contribution >= 4 is 0 Å². The van der Waals surface area contributed by atoms with Gasteiger partial charge in [-0.15, -0.1) is 0 Å². The molecule has 1 fully saturated rings. The molecule has 0 unspecified atom stereocenters. The molecule has 1 heterocycles. The van der Waals surface area contributed by atoms with Crippen molar-refractivity contribution in [3.8, 4) is 5.75 Å². The maximum absolute atomic E-state index is 10.3. The lowest BCUT2D eigenvalue weighted by Gasteiger charge is -2.40. The second-order valence-corrected chi connectivity index (χ2v) is 6.49. The van der Waals surface area contributed by atoms with Gasteiger partial charge < -0.3 is 9.84 Å². The van der Waals surface area contributed by atoms with Crippen LogP contribution in [0.1, 0.15) is 44.2 Å². The molecule has 0 spiro atoms. The van der Waals surface area contributed by atoms with Gasteiger partial charge in [0.05, 0.1) is 0 Å². The quantitative estimate of drug-likeness (QED) is 0.903. The molecule has 3 heteroatoms. The number of benzene rings is 1. The molecule has 21 heavy (non-hydrogen) atoms.